The highest BCUT2D eigenvalue weighted by molar-refractivity contribution is 5.77. The first-order chi connectivity index (χ1) is 10.8. The number of nitrogens with zero attached hydrogens (tertiary/aromatic N) is 4. The Bertz CT molecular complexity index is 607. The molecular weight excluding hydrogens is 309 g/mol. The van der Waals surface area contributed by atoms with Crippen molar-refractivity contribution in [1.82, 2.24) is 14.9 Å². The second-order valence-electron chi connectivity index (χ2n) is 6.47. The van der Waals surface area contributed by atoms with Crippen molar-refractivity contribution in [2.24, 2.45) is 11.8 Å². The van der Waals surface area contributed by atoms with E-state index in [1.54, 1.807) is 23.9 Å². The largest absolute Gasteiger partial charge is 0.433 e. The maximum Gasteiger partial charge on any atom is 0.433 e. The van der Waals surface area contributed by atoms with Gasteiger partial charge in [0.25, 0.3) is 0 Å². The van der Waals surface area contributed by atoms with Crippen molar-refractivity contribution in [3.8, 4) is 0 Å². The molecule has 0 N–H and O–H groups in total. The number of amides is 1. The van der Waals surface area contributed by atoms with E-state index in [1.165, 1.54) is 0 Å². The molecule has 1 saturated carbocycles. The predicted octanol–water partition coefficient (Wildman–Crippen LogP) is 2.19. The van der Waals surface area contributed by atoms with Gasteiger partial charge in [-0.1, -0.05) is 0 Å². The lowest BCUT2D eigenvalue weighted by Crippen LogP contribution is -2.39. The topological polar surface area (TPSA) is 49.3 Å². The zero-order valence-corrected chi connectivity index (χ0v) is 13.0. The van der Waals surface area contributed by atoms with Gasteiger partial charge in [-0.15, -0.1) is 0 Å². The zero-order valence-electron chi connectivity index (χ0n) is 13.0. The summed E-state index contributed by atoms with van der Waals surface area (Å²) in [6, 6.07) is 0.937. The standard InChI is InChI=1S/C15H19F3N4O/c1-21-8-10-6-11(5-9(10)7-13(21)23)22(2)14-19-4-3-12(20-14)15(16,17)18/h3-4,9-11H,5-8H2,1-2H3/t9-,10+,11-/m0/s1. The molecule has 1 aromatic heterocycles. The number of alkyl halides is 3. The van der Waals surface area contributed by atoms with Gasteiger partial charge in [-0.2, -0.15) is 13.2 Å². The van der Waals surface area contributed by atoms with Crippen molar-refractivity contribution in [1.29, 1.82) is 0 Å². The van der Waals surface area contributed by atoms with Crippen LogP contribution in [-0.2, 0) is 11.0 Å². The van der Waals surface area contributed by atoms with Crippen LogP contribution in [0.1, 0.15) is 25.0 Å². The number of fused-ring (bicyclic) bond motifs is 1. The first-order valence-corrected chi connectivity index (χ1v) is 7.62. The van der Waals surface area contributed by atoms with Gasteiger partial charge in [-0.3, -0.25) is 4.79 Å². The molecule has 1 aromatic rings. The van der Waals surface area contributed by atoms with Crippen LogP contribution in [0, 0.1) is 11.8 Å². The third-order valence-corrected chi connectivity index (χ3v) is 4.98. The highest BCUT2D eigenvalue weighted by Gasteiger charge is 2.42. The molecule has 0 bridgehead atoms. The summed E-state index contributed by atoms with van der Waals surface area (Å²) in [7, 11) is 3.52. The minimum atomic E-state index is -4.47. The van der Waals surface area contributed by atoms with Gasteiger partial charge in [-0.05, 0) is 30.7 Å². The van der Waals surface area contributed by atoms with Crippen LogP contribution >= 0.6 is 0 Å². The molecule has 0 spiro atoms. The van der Waals surface area contributed by atoms with Crippen molar-refractivity contribution in [2.75, 3.05) is 25.5 Å². The van der Waals surface area contributed by atoms with Gasteiger partial charge in [0.1, 0.15) is 5.69 Å². The monoisotopic (exact) mass is 328 g/mol. The van der Waals surface area contributed by atoms with Crippen LogP contribution in [-0.4, -0.2) is 47.5 Å². The van der Waals surface area contributed by atoms with E-state index < -0.39 is 11.9 Å². The fourth-order valence-electron chi connectivity index (χ4n) is 3.64. The molecule has 2 fully saturated rings. The number of hydrogen-bond donors (Lipinski definition) is 0. The lowest BCUT2D eigenvalue weighted by atomic mass is 9.88. The average Bonchev–Trinajstić information content (AvgIpc) is 2.89. The van der Waals surface area contributed by atoms with Crippen LogP contribution < -0.4 is 4.90 Å². The molecule has 0 unspecified atom stereocenters. The molecule has 0 radical (unpaired) electrons. The van der Waals surface area contributed by atoms with Gasteiger partial charge in [0.15, 0.2) is 0 Å². The van der Waals surface area contributed by atoms with E-state index in [0.29, 0.717) is 18.3 Å². The van der Waals surface area contributed by atoms with Gasteiger partial charge >= 0.3 is 6.18 Å². The summed E-state index contributed by atoms with van der Waals surface area (Å²) in [5.74, 6) is 0.931. The summed E-state index contributed by atoms with van der Waals surface area (Å²) in [4.78, 5) is 22.9. The Balaban J connectivity index is 1.75. The number of carbonyl (C=O) groups excluding carboxylic acids is 1. The number of likely N-dealkylation sites (tertiary alicyclic amines) is 1. The van der Waals surface area contributed by atoms with Crippen LogP contribution in [0.2, 0.25) is 0 Å². The third-order valence-electron chi connectivity index (χ3n) is 4.98. The minimum absolute atomic E-state index is 0.0628. The summed E-state index contributed by atoms with van der Waals surface area (Å²) in [6.45, 7) is 0.720. The molecule has 5 nitrogen and oxygen atoms in total. The first kappa shape index (κ1) is 16.0. The van der Waals surface area contributed by atoms with E-state index in [1.807, 2.05) is 0 Å². The molecule has 3 atom stereocenters. The molecule has 23 heavy (non-hydrogen) atoms. The van der Waals surface area contributed by atoms with Gasteiger partial charge in [0.05, 0.1) is 0 Å². The Morgan fingerprint density at radius 2 is 2.00 bits per heavy atom. The molecule has 3 rings (SSSR count). The molecule has 126 valence electrons. The highest BCUT2D eigenvalue weighted by Crippen LogP contribution is 2.40. The molecule has 2 heterocycles. The second-order valence-corrected chi connectivity index (χ2v) is 6.47. The molecule has 2 aliphatic rings. The van der Waals surface area contributed by atoms with Gasteiger partial charge < -0.3 is 9.80 Å². The molecule has 1 amide bonds. The van der Waals surface area contributed by atoms with E-state index in [0.717, 1.165) is 31.6 Å². The number of rotatable bonds is 2. The van der Waals surface area contributed by atoms with Crippen LogP contribution in [0.3, 0.4) is 0 Å². The van der Waals surface area contributed by atoms with Crippen molar-refractivity contribution in [2.45, 2.75) is 31.5 Å². The third kappa shape index (κ3) is 3.11. The van der Waals surface area contributed by atoms with E-state index in [4.69, 9.17) is 0 Å². The van der Waals surface area contributed by atoms with Crippen LogP contribution in [0.25, 0.3) is 0 Å². The maximum absolute atomic E-state index is 12.8. The quantitative estimate of drug-likeness (QED) is 0.835. The number of carbonyl (C=O) groups is 1. The Kier molecular flexibility index (Phi) is 3.93. The van der Waals surface area contributed by atoms with E-state index >= 15 is 0 Å². The summed E-state index contributed by atoms with van der Waals surface area (Å²) < 4.78 is 38.4. The highest BCUT2D eigenvalue weighted by atomic mass is 19.4. The SMILES string of the molecule is CN1C[C@H]2C[C@@H](N(C)c3nccc(C(F)(F)F)n3)C[C@H]2CC1=O. The Hall–Kier alpha value is -1.86. The van der Waals surface area contributed by atoms with Gasteiger partial charge in [0, 0.05) is 39.3 Å². The number of halogens is 3. The van der Waals surface area contributed by atoms with Crippen molar-refractivity contribution < 1.29 is 18.0 Å². The molecule has 1 aliphatic heterocycles. The summed E-state index contributed by atoms with van der Waals surface area (Å²) >= 11 is 0. The summed E-state index contributed by atoms with van der Waals surface area (Å²) in [6.07, 6.45) is -1.17. The van der Waals surface area contributed by atoms with Gasteiger partial charge in [0.2, 0.25) is 11.9 Å². The molecule has 8 heteroatoms. The fourth-order valence-corrected chi connectivity index (χ4v) is 3.64. The molecule has 1 aliphatic carbocycles. The van der Waals surface area contributed by atoms with E-state index in [-0.39, 0.29) is 17.9 Å². The number of aromatic nitrogens is 2. The van der Waals surface area contributed by atoms with Crippen LogP contribution in [0.5, 0.6) is 0 Å². The smallest absolute Gasteiger partial charge is 0.345 e. The zero-order chi connectivity index (χ0) is 16.8. The first-order valence-electron chi connectivity index (χ1n) is 7.62. The van der Waals surface area contributed by atoms with E-state index in [2.05, 4.69) is 9.97 Å². The summed E-state index contributed by atoms with van der Waals surface area (Å²) in [5, 5.41) is 0. The predicted molar refractivity (Wildman–Crippen MR) is 77.7 cm³/mol. The normalized spacial score (nSPS) is 28.0. The van der Waals surface area contributed by atoms with Gasteiger partial charge in [-0.25, -0.2) is 9.97 Å². The fraction of sp³-hybridized carbons (Fsp3) is 0.667. The van der Waals surface area contributed by atoms with Crippen LogP contribution in [0.15, 0.2) is 12.3 Å². The summed E-state index contributed by atoms with van der Waals surface area (Å²) in [5.41, 5.74) is -0.931. The molecular formula is C15H19F3N4O. The Labute approximate surface area is 132 Å². The van der Waals surface area contributed by atoms with Crippen molar-refractivity contribution in [3.05, 3.63) is 18.0 Å². The Morgan fingerprint density at radius 3 is 2.70 bits per heavy atom. The lowest BCUT2D eigenvalue weighted by molar-refractivity contribution is -0.141. The number of anilines is 1. The maximum atomic E-state index is 12.8. The minimum Gasteiger partial charge on any atom is -0.345 e. The van der Waals surface area contributed by atoms with Crippen LogP contribution in [0.4, 0.5) is 19.1 Å². The second kappa shape index (κ2) is 5.65. The number of piperidine rings is 1. The van der Waals surface area contributed by atoms with E-state index in [9.17, 15) is 18.0 Å². The lowest BCUT2D eigenvalue weighted by Gasteiger charge is -2.31. The molecule has 0 aromatic carbocycles. The molecule has 1 saturated heterocycles. The average molecular weight is 328 g/mol. The number of hydrogen-bond acceptors (Lipinski definition) is 4. The van der Waals surface area contributed by atoms with Crippen molar-refractivity contribution >= 4 is 11.9 Å². The Morgan fingerprint density at radius 1 is 1.30 bits per heavy atom. The van der Waals surface area contributed by atoms with Crippen molar-refractivity contribution in [3.63, 3.8) is 0 Å².